The van der Waals surface area contributed by atoms with Crippen LogP contribution in [0.2, 0.25) is 0 Å². The van der Waals surface area contributed by atoms with Crippen molar-refractivity contribution >= 4 is 29.5 Å². The Kier molecular flexibility index (Phi) is 21.2. The first-order valence-corrected chi connectivity index (χ1v) is 32.8. The lowest BCUT2D eigenvalue weighted by Gasteiger charge is -2.44. The van der Waals surface area contributed by atoms with Gasteiger partial charge >= 0.3 is 0 Å². The molecule has 4 saturated carbocycles. The molecule has 8 heteroatoms. The van der Waals surface area contributed by atoms with Gasteiger partial charge in [0.25, 0.3) is 29.5 Å². The number of amides is 5. The molecule has 0 N–H and O–H groups in total. The van der Waals surface area contributed by atoms with Crippen LogP contribution < -0.4 is 0 Å². The monoisotopic (exact) mass is 1060 g/mol. The van der Waals surface area contributed by atoms with Gasteiger partial charge in [0, 0.05) is 31.4 Å². The predicted molar refractivity (Wildman–Crippen MR) is 317 cm³/mol. The third-order valence-corrected chi connectivity index (χ3v) is 21.3. The van der Waals surface area contributed by atoms with Crippen LogP contribution in [0.3, 0.4) is 0 Å². The number of carbonyl (C=O) groups is 5. The molecule has 0 spiro atoms. The van der Waals surface area contributed by atoms with E-state index in [1.54, 1.807) is 18.2 Å². The second kappa shape index (κ2) is 28.4. The predicted octanol–water partition coefficient (Wildman–Crippen LogP) is 17.6. The fraction of sp³-hybridized carbons (Fsp3) is 0.700. The van der Waals surface area contributed by atoms with E-state index < -0.39 is 0 Å². The molecule has 9 rings (SSSR count). The van der Waals surface area contributed by atoms with E-state index in [4.69, 9.17) is 0 Å². The van der Waals surface area contributed by atoms with E-state index in [0.717, 1.165) is 115 Å². The molecule has 4 aliphatic carbocycles. The number of hydrogen-bond acceptors (Lipinski definition) is 5. The van der Waals surface area contributed by atoms with Gasteiger partial charge in [-0.25, -0.2) is 0 Å². The number of imide groups is 2. The molecule has 10 atom stereocenters. The molecule has 0 saturated heterocycles. The Morgan fingerprint density at radius 3 is 1.44 bits per heavy atom. The first-order chi connectivity index (χ1) is 38.1. The minimum absolute atomic E-state index is 0.0855. The summed E-state index contributed by atoms with van der Waals surface area (Å²) in [5.74, 6) is 7.26. The molecule has 3 heterocycles. The van der Waals surface area contributed by atoms with Crippen LogP contribution in [0.4, 0.5) is 0 Å². The molecule has 3 aliphatic heterocycles. The topological polar surface area (TPSA) is 95.1 Å². The van der Waals surface area contributed by atoms with Gasteiger partial charge in [-0.2, -0.15) is 0 Å². The zero-order valence-electron chi connectivity index (χ0n) is 48.9. The van der Waals surface area contributed by atoms with Gasteiger partial charge in [-0.3, -0.25) is 33.8 Å². The van der Waals surface area contributed by atoms with Crippen molar-refractivity contribution < 1.29 is 24.0 Å². The molecule has 2 bridgehead atoms. The largest absolute Gasteiger partial charge is 0.309 e. The lowest BCUT2D eigenvalue weighted by atomic mass is 9.61. The Balaban J connectivity index is 0.715. The zero-order valence-corrected chi connectivity index (χ0v) is 48.9. The molecule has 10 unspecified atom stereocenters. The molecule has 4 fully saturated rings. The molecule has 2 aromatic carbocycles. The summed E-state index contributed by atoms with van der Waals surface area (Å²) in [6.45, 7) is 12.8. The lowest BCUT2D eigenvalue weighted by molar-refractivity contribution is -0.123. The Morgan fingerprint density at radius 1 is 0.436 bits per heavy atom. The first-order valence-electron chi connectivity index (χ1n) is 32.8. The molecule has 7 aliphatic rings. The fourth-order valence-electron chi connectivity index (χ4n) is 17.2. The van der Waals surface area contributed by atoms with Crippen molar-refractivity contribution in [3.8, 4) is 11.1 Å². The molecule has 78 heavy (non-hydrogen) atoms. The van der Waals surface area contributed by atoms with Gasteiger partial charge in [0.2, 0.25) is 0 Å². The maximum absolute atomic E-state index is 13.9. The molecule has 8 nitrogen and oxygen atoms in total. The minimum atomic E-state index is -0.230. The van der Waals surface area contributed by atoms with E-state index in [1.807, 2.05) is 35.2 Å². The van der Waals surface area contributed by atoms with Crippen LogP contribution in [0, 0.1) is 59.2 Å². The summed E-state index contributed by atoms with van der Waals surface area (Å²) in [5, 5.41) is 0. The van der Waals surface area contributed by atoms with Gasteiger partial charge < -0.3 is 4.90 Å². The Morgan fingerprint density at radius 2 is 0.897 bits per heavy atom. The number of allylic oxidation sites excluding steroid dienone is 1. The summed E-state index contributed by atoms with van der Waals surface area (Å²) >= 11 is 0. The number of carbonyl (C=O) groups excluding carboxylic acids is 5. The van der Waals surface area contributed by atoms with Gasteiger partial charge in [0.1, 0.15) is 0 Å². The number of nitrogens with zero attached hydrogens (tertiary/aromatic N) is 3. The van der Waals surface area contributed by atoms with Gasteiger partial charge in [0.05, 0.1) is 22.3 Å². The van der Waals surface area contributed by atoms with Gasteiger partial charge in [-0.15, -0.1) is 0 Å². The van der Waals surface area contributed by atoms with E-state index in [1.165, 1.54) is 183 Å². The molecule has 0 aromatic heterocycles. The van der Waals surface area contributed by atoms with Crippen molar-refractivity contribution in [1.29, 1.82) is 0 Å². The van der Waals surface area contributed by atoms with Crippen molar-refractivity contribution in [3.63, 3.8) is 0 Å². The van der Waals surface area contributed by atoms with Crippen LogP contribution in [-0.2, 0) is 4.79 Å². The average Bonchev–Trinajstić information content (AvgIpc) is 4.41. The highest BCUT2D eigenvalue weighted by Crippen LogP contribution is 2.63. The smallest absolute Gasteiger partial charge is 0.261 e. The Bertz CT molecular complexity index is 2400. The summed E-state index contributed by atoms with van der Waals surface area (Å²) in [6.07, 6.45) is 46.3. The number of benzene rings is 2. The lowest BCUT2D eigenvalue weighted by Crippen LogP contribution is -2.35. The van der Waals surface area contributed by atoms with Crippen LogP contribution in [0.15, 0.2) is 60.8 Å². The van der Waals surface area contributed by atoms with E-state index in [-0.39, 0.29) is 29.5 Å². The Hall–Kier alpha value is -4.33. The molecule has 2 aromatic rings. The van der Waals surface area contributed by atoms with Crippen LogP contribution in [-0.4, -0.2) is 63.9 Å². The molecular formula is C70H101N3O5. The zero-order chi connectivity index (χ0) is 54.5. The van der Waals surface area contributed by atoms with Crippen LogP contribution >= 0.6 is 0 Å². The van der Waals surface area contributed by atoms with Crippen molar-refractivity contribution in [2.24, 2.45) is 59.2 Å². The van der Waals surface area contributed by atoms with Crippen LogP contribution in [0.1, 0.15) is 274 Å². The maximum atomic E-state index is 13.9. The second-order valence-corrected chi connectivity index (χ2v) is 26.2. The maximum Gasteiger partial charge on any atom is 0.261 e. The summed E-state index contributed by atoms with van der Waals surface area (Å²) in [7, 11) is 0. The second-order valence-electron chi connectivity index (χ2n) is 26.2. The van der Waals surface area contributed by atoms with Crippen LogP contribution in [0.5, 0.6) is 0 Å². The summed E-state index contributed by atoms with van der Waals surface area (Å²) in [5.41, 5.74) is 4.19. The van der Waals surface area contributed by atoms with E-state index >= 15 is 0 Å². The van der Waals surface area contributed by atoms with Crippen molar-refractivity contribution in [1.82, 2.24) is 14.7 Å². The highest BCUT2D eigenvalue weighted by molar-refractivity contribution is 6.23. The molecule has 0 radical (unpaired) electrons. The SMILES string of the molecule is C=C1C=CC(=O)N1CCCCCCCCC1C(CCCCCCCCN2C(=O)c3ccc(-c4ccc5c(c4)C(=O)N(CC4CC6C7CC(CC)C(C7)C6C4)C5=O)cc3C2=O)CCC(CCCCCC)C1CCCCCCCC. The fourth-order valence-corrected chi connectivity index (χ4v) is 17.2. The average molecular weight is 1060 g/mol. The van der Waals surface area contributed by atoms with Crippen LogP contribution in [0.25, 0.3) is 11.1 Å². The highest BCUT2D eigenvalue weighted by Gasteiger charge is 2.56. The van der Waals surface area contributed by atoms with E-state index in [9.17, 15) is 24.0 Å². The van der Waals surface area contributed by atoms with Crippen molar-refractivity contribution in [2.45, 2.75) is 233 Å². The van der Waals surface area contributed by atoms with Crippen molar-refractivity contribution in [2.75, 3.05) is 19.6 Å². The summed E-state index contributed by atoms with van der Waals surface area (Å²) < 4.78 is 0. The van der Waals surface area contributed by atoms with Crippen molar-refractivity contribution in [3.05, 3.63) is 83.1 Å². The first kappa shape index (κ1) is 58.3. The minimum Gasteiger partial charge on any atom is -0.309 e. The van der Waals surface area contributed by atoms with Gasteiger partial charge in [-0.05, 0) is 165 Å². The molecule has 5 amide bonds. The number of hydrogen-bond donors (Lipinski definition) is 0. The highest BCUT2D eigenvalue weighted by atomic mass is 16.2. The van der Waals surface area contributed by atoms with E-state index in [0.29, 0.717) is 41.3 Å². The molecular weight excluding hydrogens is 963 g/mol. The van der Waals surface area contributed by atoms with Gasteiger partial charge in [0.15, 0.2) is 0 Å². The number of unbranched alkanes of at least 4 members (excludes halogenated alkanes) is 18. The Labute approximate surface area is 471 Å². The normalized spacial score (nSPS) is 27.1. The number of rotatable bonds is 34. The van der Waals surface area contributed by atoms with E-state index in [2.05, 4.69) is 27.4 Å². The quantitative estimate of drug-likeness (QED) is 0.0514. The third kappa shape index (κ3) is 13.7. The summed E-state index contributed by atoms with van der Waals surface area (Å²) in [6, 6.07) is 10.9. The third-order valence-electron chi connectivity index (χ3n) is 21.3. The molecule has 426 valence electrons. The summed E-state index contributed by atoms with van der Waals surface area (Å²) in [4.78, 5) is 71.9. The number of fused-ring (bicyclic) bond motifs is 7. The standard InChI is InChI=1S/C70H101N3O5/c1-5-8-10-12-18-24-30-57-52(28-22-11-9-6-2)33-34-53(58(57)31-25-19-14-16-20-26-40-71-49(4)32-39-66(71)74)29-23-17-13-15-21-27-41-72-67(75)59-37-35-54(45-64(59)69(72)77)55-36-38-60-65(46-55)70(78)73(68(60)76)48-50-42-61-56-44-51(7-3)62(47-56)63(61)43-50/h32,35-39,45-46,50-53,56-58,61-63H,4-31,33-34,40-44,47-48H2,1-3H3. The van der Waals surface area contributed by atoms with Gasteiger partial charge in [-0.1, -0.05) is 187 Å².